The highest BCUT2D eigenvalue weighted by Gasteiger charge is 2.25. The van der Waals surface area contributed by atoms with Gasteiger partial charge in [0.2, 0.25) is 0 Å². The molecule has 0 aromatic heterocycles. The van der Waals surface area contributed by atoms with Crippen molar-refractivity contribution in [3.63, 3.8) is 0 Å². The maximum Gasteiger partial charge on any atom is 0.339 e. The Morgan fingerprint density at radius 2 is 1.63 bits per heavy atom. The number of ether oxygens (including phenoxy) is 2. The molecule has 0 unspecified atom stereocenters. The Morgan fingerprint density at radius 3 is 2.19 bits per heavy atom. The van der Waals surface area contributed by atoms with Crippen molar-refractivity contribution in [1.29, 1.82) is 0 Å². The number of thioether (sulfide) groups is 1. The van der Waals surface area contributed by atoms with Gasteiger partial charge in [-0.3, -0.25) is 0 Å². The van der Waals surface area contributed by atoms with Gasteiger partial charge in [-0.15, -0.1) is 11.8 Å². The molecule has 0 spiro atoms. The summed E-state index contributed by atoms with van der Waals surface area (Å²) in [4.78, 5) is 13.5. The van der Waals surface area contributed by atoms with Gasteiger partial charge in [-0.05, 0) is 35.6 Å². The maximum atomic E-state index is 12.7. The number of benzene rings is 3. The first kappa shape index (κ1) is 19.5. The van der Waals surface area contributed by atoms with Gasteiger partial charge in [0, 0.05) is 20.5 Å². The van der Waals surface area contributed by atoms with E-state index in [1.807, 2.05) is 66.9 Å². The minimum atomic E-state index is -0.376. The van der Waals surface area contributed by atoms with E-state index in [2.05, 4.69) is 15.9 Å². The molecule has 3 nitrogen and oxygen atoms in total. The summed E-state index contributed by atoms with van der Waals surface area (Å²) < 4.78 is 11.9. The molecule has 3 rings (SSSR count). The lowest BCUT2D eigenvalue weighted by molar-refractivity contribution is 0.0597. The molecule has 3 aromatic rings. The zero-order valence-electron chi connectivity index (χ0n) is 15.3. The molecular weight excluding hydrogens is 424 g/mol. The highest BCUT2D eigenvalue weighted by molar-refractivity contribution is 9.10. The molecular formula is C22H19BrO3S. The van der Waals surface area contributed by atoms with E-state index in [4.69, 9.17) is 9.47 Å². The molecule has 0 aliphatic heterocycles. The van der Waals surface area contributed by atoms with Crippen LogP contribution in [0, 0.1) is 0 Å². The average molecular weight is 443 g/mol. The van der Waals surface area contributed by atoms with Crippen molar-refractivity contribution >= 4 is 33.7 Å². The van der Waals surface area contributed by atoms with E-state index in [1.165, 1.54) is 18.9 Å². The van der Waals surface area contributed by atoms with Gasteiger partial charge in [0.05, 0.1) is 19.8 Å². The average Bonchev–Trinajstić information content (AvgIpc) is 2.72. The van der Waals surface area contributed by atoms with E-state index < -0.39 is 0 Å². The van der Waals surface area contributed by atoms with Crippen LogP contribution in [0.4, 0.5) is 0 Å². The first-order valence-electron chi connectivity index (χ1n) is 8.29. The normalized spacial score (nSPS) is 10.5. The van der Waals surface area contributed by atoms with Crippen molar-refractivity contribution < 1.29 is 14.3 Å². The second kappa shape index (κ2) is 8.63. The van der Waals surface area contributed by atoms with E-state index in [-0.39, 0.29) is 5.97 Å². The van der Waals surface area contributed by atoms with E-state index in [9.17, 15) is 4.79 Å². The maximum absolute atomic E-state index is 12.7. The summed E-state index contributed by atoms with van der Waals surface area (Å²) in [6.45, 7) is 0. The topological polar surface area (TPSA) is 35.5 Å². The highest BCUT2D eigenvalue weighted by atomic mass is 79.9. The lowest BCUT2D eigenvalue weighted by Gasteiger charge is -2.20. The second-order valence-corrected chi connectivity index (χ2v) is 7.54. The molecule has 0 N–H and O–H groups in total. The third-order valence-electron chi connectivity index (χ3n) is 4.27. The van der Waals surface area contributed by atoms with Crippen LogP contribution in [0.15, 0.2) is 70.0 Å². The molecule has 5 heteroatoms. The van der Waals surface area contributed by atoms with Gasteiger partial charge in [-0.2, -0.15) is 0 Å². The molecule has 0 bridgehead atoms. The summed E-state index contributed by atoms with van der Waals surface area (Å²) in [5.74, 6) is 0.278. The Balaban J connectivity index is 2.41. The number of carbonyl (C=O) groups is 1. The molecule has 27 heavy (non-hydrogen) atoms. The van der Waals surface area contributed by atoms with Crippen LogP contribution in [0.25, 0.3) is 22.3 Å². The van der Waals surface area contributed by atoms with E-state index in [0.29, 0.717) is 11.3 Å². The summed E-state index contributed by atoms with van der Waals surface area (Å²) in [6.07, 6.45) is 1.95. The quantitative estimate of drug-likeness (QED) is 0.343. The largest absolute Gasteiger partial charge is 0.495 e. The van der Waals surface area contributed by atoms with E-state index in [1.54, 1.807) is 7.11 Å². The van der Waals surface area contributed by atoms with Gasteiger partial charge in [0.1, 0.15) is 5.75 Å². The minimum absolute atomic E-state index is 0.376. The summed E-state index contributed by atoms with van der Waals surface area (Å²) >= 11 is 4.99. The molecule has 0 amide bonds. The zero-order chi connectivity index (χ0) is 19.4. The van der Waals surface area contributed by atoms with E-state index >= 15 is 0 Å². The molecule has 3 aromatic carbocycles. The third kappa shape index (κ3) is 3.89. The van der Waals surface area contributed by atoms with Crippen LogP contribution >= 0.6 is 27.7 Å². The first-order valence-corrected chi connectivity index (χ1v) is 10.3. The van der Waals surface area contributed by atoms with Crippen LogP contribution in [0.1, 0.15) is 10.4 Å². The number of hydrogen-bond acceptors (Lipinski definition) is 4. The standard InChI is InChI=1S/C22H19BrO3S/c1-25-21-17(14-9-11-16(23)12-10-14)13-18(27-3)20(22(24)26-2)19(21)15-7-5-4-6-8-15/h4-13H,1-3H3. The van der Waals surface area contributed by atoms with Gasteiger partial charge in [-0.25, -0.2) is 4.79 Å². The van der Waals surface area contributed by atoms with Crippen molar-refractivity contribution in [2.24, 2.45) is 0 Å². The van der Waals surface area contributed by atoms with Crippen LogP contribution in [0.3, 0.4) is 0 Å². The number of halogens is 1. The summed E-state index contributed by atoms with van der Waals surface area (Å²) in [7, 11) is 3.03. The number of methoxy groups -OCH3 is 2. The summed E-state index contributed by atoms with van der Waals surface area (Å²) in [5.41, 5.74) is 4.12. The zero-order valence-corrected chi connectivity index (χ0v) is 17.7. The van der Waals surface area contributed by atoms with Gasteiger partial charge in [-0.1, -0.05) is 58.4 Å². The van der Waals surface area contributed by atoms with Crippen LogP contribution in [0.2, 0.25) is 0 Å². The van der Waals surface area contributed by atoms with Gasteiger partial charge in [0.15, 0.2) is 0 Å². The minimum Gasteiger partial charge on any atom is -0.495 e. The molecule has 0 heterocycles. The Labute approximate surface area is 171 Å². The number of hydrogen-bond donors (Lipinski definition) is 0. The smallest absolute Gasteiger partial charge is 0.339 e. The van der Waals surface area contributed by atoms with Gasteiger partial charge < -0.3 is 9.47 Å². The predicted molar refractivity (Wildman–Crippen MR) is 115 cm³/mol. The van der Waals surface area contributed by atoms with Gasteiger partial charge in [0.25, 0.3) is 0 Å². The molecule has 0 saturated heterocycles. The number of rotatable bonds is 5. The lowest BCUT2D eigenvalue weighted by atomic mass is 9.92. The molecule has 0 fully saturated rings. The SMILES string of the molecule is COC(=O)c1c(SC)cc(-c2ccc(Br)cc2)c(OC)c1-c1ccccc1. The molecule has 0 radical (unpaired) electrons. The molecule has 0 atom stereocenters. The molecule has 0 saturated carbocycles. The molecule has 0 aliphatic rings. The van der Waals surface area contributed by atoms with Gasteiger partial charge >= 0.3 is 5.97 Å². The van der Waals surface area contributed by atoms with Crippen molar-refractivity contribution in [3.8, 4) is 28.0 Å². The lowest BCUT2D eigenvalue weighted by Crippen LogP contribution is -2.08. The van der Waals surface area contributed by atoms with Crippen LogP contribution in [0.5, 0.6) is 5.75 Å². The Hall–Kier alpha value is -2.24. The molecule has 0 aliphatic carbocycles. The van der Waals surface area contributed by atoms with Crippen molar-refractivity contribution in [2.75, 3.05) is 20.5 Å². The van der Waals surface area contributed by atoms with Crippen LogP contribution in [-0.2, 0) is 4.74 Å². The fourth-order valence-electron chi connectivity index (χ4n) is 3.04. The van der Waals surface area contributed by atoms with Crippen molar-refractivity contribution in [1.82, 2.24) is 0 Å². The fourth-order valence-corrected chi connectivity index (χ4v) is 3.93. The summed E-state index contributed by atoms with van der Waals surface area (Å²) in [6, 6.07) is 19.8. The predicted octanol–water partition coefficient (Wildman–Crippen LogP) is 6.30. The van der Waals surface area contributed by atoms with E-state index in [0.717, 1.165) is 31.6 Å². The number of esters is 1. The second-order valence-electron chi connectivity index (χ2n) is 5.77. The Bertz CT molecular complexity index is 954. The monoisotopic (exact) mass is 442 g/mol. The molecule has 138 valence electrons. The van der Waals surface area contributed by atoms with Crippen molar-refractivity contribution in [2.45, 2.75) is 4.90 Å². The summed E-state index contributed by atoms with van der Waals surface area (Å²) in [5, 5.41) is 0. The first-order chi connectivity index (χ1) is 13.1. The van der Waals surface area contributed by atoms with Crippen molar-refractivity contribution in [3.05, 3.63) is 70.7 Å². The highest BCUT2D eigenvalue weighted by Crippen LogP contribution is 2.45. The van der Waals surface area contributed by atoms with Crippen LogP contribution in [-0.4, -0.2) is 26.4 Å². The number of carbonyl (C=O) groups excluding carboxylic acids is 1. The Morgan fingerprint density at radius 1 is 0.963 bits per heavy atom. The fraction of sp³-hybridized carbons (Fsp3) is 0.136. The Kier molecular flexibility index (Phi) is 6.24. The van der Waals surface area contributed by atoms with Crippen LogP contribution < -0.4 is 4.74 Å². The third-order valence-corrected chi connectivity index (χ3v) is 5.57.